The number of carboxylic acid groups (broad SMARTS) is 1. The number of methoxy groups -OCH3 is 3. The second-order valence-corrected chi connectivity index (χ2v) is 7.21. The number of carbonyl (C=O) groups is 3. The fraction of sp³-hybridized carbons (Fsp3) is 0.125. The van der Waals surface area contributed by atoms with Gasteiger partial charge in [0, 0.05) is 21.7 Å². The Morgan fingerprint density at radius 1 is 0.818 bits per heavy atom. The Balaban J connectivity index is 1.92. The summed E-state index contributed by atoms with van der Waals surface area (Å²) in [7, 11) is 4.34. The molecule has 2 N–H and O–H groups in total. The molecule has 0 aliphatic heterocycles. The van der Waals surface area contributed by atoms with Gasteiger partial charge < -0.3 is 24.6 Å². The number of rotatable bonds is 8. The second-order valence-electron chi connectivity index (χ2n) is 6.77. The van der Waals surface area contributed by atoms with Crippen LogP contribution in [-0.4, -0.2) is 44.1 Å². The number of ether oxygens (including phenoxy) is 3. The minimum Gasteiger partial charge on any atom is -0.493 e. The van der Waals surface area contributed by atoms with Crippen LogP contribution in [0.15, 0.2) is 54.6 Å². The van der Waals surface area contributed by atoms with Crippen LogP contribution in [0, 0.1) is 0 Å². The fourth-order valence-electron chi connectivity index (χ4n) is 3.18. The zero-order valence-electron chi connectivity index (χ0n) is 18.0. The average molecular weight is 470 g/mol. The monoisotopic (exact) mass is 469 g/mol. The van der Waals surface area contributed by atoms with E-state index in [2.05, 4.69) is 5.32 Å². The van der Waals surface area contributed by atoms with E-state index in [4.69, 9.17) is 25.8 Å². The molecule has 0 atom stereocenters. The van der Waals surface area contributed by atoms with Gasteiger partial charge in [0.15, 0.2) is 17.3 Å². The summed E-state index contributed by atoms with van der Waals surface area (Å²) >= 11 is 5.85. The van der Waals surface area contributed by atoms with E-state index in [9.17, 15) is 19.5 Å². The van der Waals surface area contributed by atoms with Gasteiger partial charge in [0.25, 0.3) is 5.91 Å². The molecule has 170 valence electrons. The number of amides is 1. The number of hydrogen-bond acceptors (Lipinski definition) is 6. The third kappa shape index (κ3) is 5.07. The maximum atomic E-state index is 13.1. The Hall–Kier alpha value is -4.04. The maximum Gasteiger partial charge on any atom is 0.337 e. The normalized spacial score (nSPS) is 10.3. The second kappa shape index (κ2) is 10.1. The van der Waals surface area contributed by atoms with Crippen LogP contribution < -0.4 is 19.5 Å². The first-order valence-electron chi connectivity index (χ1n) is 9.58. The Labute approximate surface area is 194 Å². The topological polar surface area (TPSA) is 111 Å². The van der Waals surface area contributed by atoms with Gasteiger partial charge in [-0.25, -0.2) is 4.79 Å². The molecule has 0 saturated heterocycles. The van der Waals surface area contributed by atoms with Crippen molar-refractivity contribution < 1.29 is 33.7 Å². The van der Waals surface area contributed by atoms with Crippen LogP contribution in [-0.2, 0) is 0 Å². The number of nitrogens with one attached hydrogen (secondary N) is 1. The van der Waals surface area contributed by atoms with Gasteiger partial charge in [-0.1, -0.05) is 23.7 Å². The molecule has 0 bridgehead atoms. The minimum atomic E-state index is -1.24. The van der Waals surface area contributed by atoms with Crippen LogP contribution in [0.25, 0.3) is 0 Å². The van der Waals surface area contributed by atoms with Crippen LogP contribution >= 0.6 is 11.6 Å². The SMILES string of the molecule is COc1cc(C(=O)c2cccc(C(=O)Nc3ccc(Cl)cc3C(=O)O)c2)cc(OC)c1OC. The van der Waals surface area contributed by atoms with Crippen molar-refractivity contribution in [2.24, 2.45) is 0 Å². The molecular formula is C24H20ClNO7. The Morgan fingerprint density at radius 2 is 1.45 bits per heavy atom. The van der Waals surface area contributed by atoms with Crippen molar-refractivity contribution in [1.82, 2.24) is 0 Å². The summed E-state index contributed by atoms with van der Waals surface area (Å²) in [6.07, 6.45) is 0. The number of carboxylic acids is 1. The lowest BCUT2D eigenvalue weighted by Gasteiger charge is -2.14. The molecule has 0 aliphatic rings. The maximum absolute atomic E-state index is 13.1. The van der Waals surface area contributed by atoms with E-state index in [0.717, 1.165) is 0 Å². The van der Waals surface area contributed by atoms with Gasteiger partial charge in [-0.3, -0.25) is 9.59 Å². The molecule has 0 radical (unpaired) electrons. The van der Waals surface area contributed by atoms with Crippen molar-refractivity contribution in [2.75, 3.05) is 26.6 Å². The number of carbonyl (C=O) groups excluding carboxylic acids is 2. The van der Waals surface area contributed by atoms with E-state index in [-0.39, 0.29) is 38.7 Å². The number of halogens is 1. The smallest absolute Gasteiger partial charge is 0.337 e. The highest BCUT2D eigenvalue weighted by atomic mass is 35.5. The molecule has 33 heavy (non-hydrogen) atoms. The van der Waals surface area contributed by atoms with Crippen molar-refractivity contribution in [2.45, 2.75) is 0 Å². The zero-order chi connectivity index (χ0) is 24.1. The number of benzene rings is 3. The standard InChI is InChI=1S/C24H20ClNO7/c1-31-19-10-15(11-20(32-2)22(19)33-3)21(27)13-5-4-6-14(9-13)23(28)26-18-8-7-16(25)12-17(18)24(29)30/h4-12H,1-3H3,(H,26,28)(H,29,30). The molecule has 0 saturated carbocycles. The summed E-state index contributed by atoms with van der Waals surface area (Å²) in [4.78, 5) is 37.3. The minimum absolute atomic E-state index is 0.0817. The van der Waals surface area contributed by atoms with Gasteiger partial charge in [-0.2, -0.15) is 0 Å². The van der Waals surface area contributed by atoms with Gasteiger partial charge in [0.05, 0.1) is 32.6 Å². The summed E-state index contributed by atoms with van der Waals surface area (Å²) < 4.78 is 15.9. The molecule has 0 aromatic heterocycles. The lowest BCUT2D eigenvalue weighted by Crippen LogP contribution is -2.15. The molecule has 3 rings (SSSR count). The summed E-state index contributed by atoms with van der Waals surface area (Å²) in [6, 6.07) is 13.2. The first-order chi connectivity index (χ1) is 15.8. The van der Waals surface area contributed by atoms with Crippen molar-refractivity contribution in [3.63, 3.8) is 0 Å². The molecule has 3 aromatic rings. The highest BCUT2D eigenvalue weighted by Gasteiger charge is 2.20. The van der Waals surface area contributed by atoms with E-state index < -0.39 is 11.9 Å². The predicted octanol–water partition coefficient (Wildman–Crippen LogP) is 4.55. The summed E-state index contributed by atoms with van der Waals surface area (Å²) in [5, 5.41) is 12.1. The van der Waals surface area contributed by atoms with E-state index >= 15 is 0 Å². The predicted molar refractivity (Wildman–Crippen MR) is 122 cm³/mol. The van der Waals surface area contributed by atoms with Crippen LogP contribution in [0.2, 0.25) is 5.02 Å². The van der Waals surface area contributed by atoms with Crippen molar-refractivity contribution >= 4 is 34.9 Å². The van der Waals surface area contributed by atoms with E-state index in [1.807, 2.05) is 0 Å². The molecule has 0 heterocycles. The molecule has 3 aromatic carbocycles. The van der Waals surface area contributed by atoms with Crippen LogP contribution in [0.1, 0.15) is 36.6 Å². The first kappa shape index (κ1) is 23.6. The Morgan fingerprint density at radius 3 is 2.03 bits per heavy atom. The first-order valence-corrected chi connectivity index (χ1v) is 9.95. The van der Waals surface area contributed by atoms with Crippen molar-refractivity contribution in [3.8, 4) is 17.2 Å². The summed E-state index contributed by atoms with van der Waals surface area (Å²) in [5.74, 6) is -1.21. The lowest BCUT2D eigenvalue weighted by molar-refractivity contribution is 0.0697. The fourth-order valence-corrected chi connectivity index (χ4v) is 3.35. The third-order valence-corrected chi connectivity index (χ3v) is 5.01. The molecule has 1 amide bonds. The molecule has 0 spiro atoms. The quantitative estimate of drug-likeness (QED) is 0.465. The number of hydrogen-bond donors (Lipinski definition) is 2. The van der Waals surface area contributed by atoms with E-state index in [1.54, 1.807) is 12.1 Å². The Bertz CT molecular complexity index is 1210. The van der Waals surface area contributed by atoms with Crippen molar-refractivity contribution in [3.05, 3.63) is 81.9 Å². The number of anilines is 1. The van der Waals surface area contributed by atoms with Gasteiger partial charge in [-0.05, 0) is 42.5 Å². The largest absolute Gasteiger partial charge is 0.493 e. The number of aromatic carboxylic acids is 1. The highest BCUT2D eigenvalue weighted by molar-refractivity contribution is 6.31. The molecule has 0 aliphatic carbocycles. The van der Waals surface area contributed by atoms with E-state index in [0.29, 0.717) is 17.2 Å². The van der Waals surface area contributed by atoms with Crippen LogP contribution in [0.5, 0.6) is 17.2 Å². The van der Waals surface area contributed by atoms with Gasteiger partial charge >= 0.3 is 5.97 Å². The lowest BCUT2D eigenvalue weighted by atomic mass is 10.00. The molecule has 8 nitrogen and oxygen atoms in total. The summed E-state index contributed by atoms with van der Waals surface area (Å²) in [5.41, 5.74) is 0.609. The molecule has 0 fully saturated rings. The number of ketones is 1. The van der Waals surface area contributed by atoms with E-state index in [1.165, 1.54) is 63.8 Å². The zero-order valence-corrected chi connectivity index (χ0v) is 18.7. The van der Waals surface area contributed by atoms with Crippen molar-refractivity contribution in [1.29, 1.82) is 0 Å². The highest BCUT2D eigenvalue weighted by Crippen LogP contribution is 2.38. The molecule has 9 heteroatoms. The summed E-state index contributed by atoms with van der Waals surface area (Å²) in [6.45, 7) is 0. The van der Waals surface area contributed by atoms with Crippen LogP contribution in [0.4, 0.5) is 5.69 Å². The van der Waals surface area contributed by atoms with Gasteiger partial charge in [0.1, 0.15) is 0 Å². The third-order valence-electron chi connectivity index (χ3n) is 4.77. The van der Waals surface area contributed by atoms with Gasteiger partial charge in [-0.15, -0.1) is 0 Å². The van der Waals surface area contributed by atoms with Gasteiger partial charge in [0.2, 0.25) is 5.75 Å². The Kier molecular flexibility index (Phi) is 7.20. The molecular weight excluding hydrogens is 450 g/mol. The molecule has 0 unspecified atom stereocenters. The van der Waals surface area contributed by atoms with Crippen LogP contribution in [0.3, 0.4) is 0 Å². The average Bonchev–Trinajstić information content (AvgIpc) is 2.83.